The highest BCUT2D eigenvalue weighted by atomic mass is 32.2. The molecule has 0 saturated carbocycles. The topological polar surface area (TPSA) is 97.1 Å². The van der Waals surface area contributed by atoms with Crippen molar-refractivity contribution >= 4 is 29.3 Å². The second kappa shape index (κ2) is 9.18. The summed E-state index contributed by atoms with van der Waals surface area (Å²) in [5, 5.41) is 6.14. The molecule has 0 aliphatic heterocycles. The van der Waals surface area contributed by atoms with Gasteiger partial charge < -0.3 is 15.1 Å². The molecule has 2 aromatic heterocycles. The van der Waals surface area contributed by atoms with Crippen LogP contribution in [0.25, 0.3) is 0 Å². The van der Waals surface area contributed by atoms with Gasteiger partial charge in [-0.3, -0.25) is 9.59 Å². The molecule has 0 aliphatic carbocycles. The Balaban J connectivity index is 1.47. The minimum Gasteiger partial charge on any atom is -0.459 e. The van der Waals surface area contributed by atoms with Crippen LogP contribution in [0.3, 0.4) is 0 Å². The number of hydrogen-bond acceptors (Lipinski definition) is 6. The van der Waals surface area contributed by atoms with Crippen molar-refractivity contribution in [3.8, 4) is 0 Å². The molecule has 2 N–H and O–H groups in total. The highest BCUT2D eigenvalue weighted by Crippen LogP contribution is 2.26. The molecular formula is C20H20N4O3S. The maximum atomic E-state index is 12.0. The van der Waals surface area contributed by atoms with Crippen molar-refractivity contribution in [2.45, 2.75) is 30.3 Å². The predicted molar refractivity (Wildman–Crippen MR) is 106 cm³/mol. The molecule has 3 rings (SSSR count). The second-order valence-electron chi connectivity index (χ2n) is 6.09. The smallest absolute Gasteiger partial charge is 0.286 e. The number of furan rings is 1. The molecule has 2 heterocycles. The summed E-state index contributed by atoms with van der Waals surface area (Å²) in [6.07, 6.45) is 1.59. The molecule has 0 aliphatic rings. The molecule has 7 nitrogen and oxygen atoms in total. The number of rotatable bonds is 7. The highest BCUT2D eigenvalue weighted by molar-refractivity contribution is 7.99. The number of anilines is 1. The SMILES string of the molecule is Cc1cc(C)nc(Sc2ccc(NC(=O)CCNC(=O)c3ccco3)cc2)n1. The Morgan fingerprint density at radius 2 is 1.79 bits per heavy atom. The van der Waals surface area contributed by atoms with Crippen LogP contribution >= 0.6 is 11.8 Å². The van der Waals surface area contributed by atoms with Crippen LogP contribution in [0.15, 0.2) is 63.2 Å². The van der Waals surface area contributed by atoms with Crippen LogP contribution in [0.4, 0.5) is 5.69 Å². The maximum absolute atomic E-state index is 12.0. The van der Waals surface area contributed by atoms with E-state index in [9.17, 15) is 9.59 Å². The Kier molecular flexibility index (Phi) is 6.44. The number of carbonyl (C=O) groups is 2. The van der Waals surface area contributed by atoms with Crippen LogP contribution in [0, 0.1) is 13.8 Å². The van der Waals surface area contributed by atoms with Gasteiger partial charge in [-0.1, -0.05) is 0 Å². The lowest BCUT2D eigenvalue weighted by Crippen LogP contribution is -2.27. The van der Waals surface area contributed by atoms with Gasteiger partial charge in [-0.05, 0) is 68.1 Å². The Bertz CT molecular complexity index is 936. The van der Waals surface area contributed by atoms with Gasteiger partial charge in [0, 0.05) is 34.9 Å². The van der Waals surface area contributed by atoms with E-state index < -0.39 is 0 Å². The van der Waals surface area contributed by atoms with Crippen molar-refractivity contribution in [1.82, 2.24) is 15.3 Å². The van der Waals surface area contributed by atoms with Crippen LogP contribution < -0.4 is 10.6 Å². The largest absolute Gasteiger partial charge is 0.459 e. The van der Waals surface area contributed by atoms with Crippen molar-refractivity contribution in [2.75, 3.05) is 11.9 Å². The minimum absolute atomic E-state index is 0.166. The number of hydrogen-bond donors (Lipinski definition) is 2. The van der Waals surface area contributed by atoms with Gasteiger partial charge in [0.25, 0.3) is 5.91 Å². The van der Waals surface area contributed by atoms with Crippen molar-refractivity contribution in [1.29, 1.82) is 0 Å². The number of benzene rings is 1. The van der Waals surface area contributed by atoms with E-state index in [2.05, 4.69) is 20.6 Å². The van der Waals surface area contributed by atoms with Gasteiger partial charge in [-0.2, -0.15) is 0 Å². The van der Waals surface area contributed by atoms with Gasteiger partial charge in [0.05, 0.1) is 6.26 Å². The first-order chi connectivity index (χ1) is 13.5. The van der Waals surface area contributed by atoms with E-state index >= 15 is 0 Å². The molecule has 2 amide bonds. The molecule has 144 valence electrons. The Labute approximate surface area is 167 Å². The van der Waals surface area contributed by atoms with E-state index in [-0.39, 0.29) is 30.5 Å². The van der Waals surface area contributed by atoms with E-state index in [1.807, 2.05) is 44.2 Å². The summed E-state index contributed by atoms with van der Waals surface area (Å²) in [6.45, 7) is 4.10. The third-order valence-electron chi connectivity index (χ3n) is 3.69. The summed E-state index contributed by atoms with van der Waals surface area (Å²) in [7, 11) is 0. The van der Waals surface area contributed by atoms with E-state index in [1.165, 1.54) is 18.0 Å². The third-order valence-corrected chi connectivity index (χ3v) is 4.56. The number of carbonyl (C=O) groups excluding carboxylic acids is 2. The van der Waals surface area contributed by atoms with Crippen molar-refractivity contribution in [3.63, 3.8) is 0 Å². The number of aromatic nitrogens is 2. The second-order valence-corrected chi connectivity index (χ2v) is 7.13. The standard InChI is InChI=1S/C20H20N4O3S/c1-13-12-14(2)23-20(22-13)28-16-7-5-15(6-8-16)24-18(25)9-10-21-19(26)17-4-3-11-27-17/h3-8,11-12H,9-10H2,1-2H3,(H,21,26)(H,24,25). The van der Waals surface area contributed by atoms with Gasteiger partial charge in [0.2, 0.25) is 5.91 Å². The lowest BCUT2D eigenvalue weighted by atomic mass is 10.3. The predicted octanol–water partition coefficient (Wildman–Crippen LogP) is 3.60. The van der Waals surface area contributed by atoms with E-state index in [4.69, 9.17) is 4.42 Å². The molecule has 28 heavy (non-hydrogen) atoms. The van der Waals surface area contributed by atoms with Crippen LogP contribution in [0.2, 0.25) is 0 Å². The first-order valence-electron chi connectivity index (χ1n) is 8.71. The molecule has 3 aromatic rings. The average Bonchev–Trinajstić information content (AvgIpc) is 3.17. The summed E-state index contributed by atoms with van der Waals surface area (Å²) in [5.74, 6) is -0.299. The van der Waals surface area contributed by atoms with Gasteiger partial charge in [0.1, 0.15) is 0 Å². The number of aryl methyl sites for hydroxylation is 2. The summed E-state index contributed by atoms with van der Waals surface area (Å²) in [4.78, 5) is 33.5. The lowest BCUT2D eigenvalue weighted by molar-refractivity contribution is -0.116. The van der Waals surface area contributed by atoms with Crippen LogP contribution in [0.1, 0.15) is 28.4 Å². The Hall–Kier alpha value is -3.13. The summed E-state index contributed by atoms with van der Waals surface area (Å²) < 4.78 is 4.99. The van der Waals surface area contributed by atoms with Gasteiger partial charge in [-0.15, -0.1) is 0 Å². The van der Waals surface area contributed by atoms with E-state index in [0.29, 0.717) is 10.8 Å². The zero-order chi connectivity index (χ0) is 19.9. The summed E-state index contributed by atoms with van der Waals surface area (Å²) >= 11 is 1.47. The molecule has 0 unspecified atom stereocenters. The first-order valence-corrected chi connectivity index (χ1v) is 9.53. The molecule has 0 bridgehead atoms. The van der Waals surface area contributed by atoms with Gasteiger partial charge in [-0.25, -0.2) is 9.97 Å². The van der Waals surface area contributed by atoms with Crippen molar-refractivity contribution in [3.05, 3.63) is 65.9 Å². The quantitative estimate of drug-likeness (QED) is 0.592. The minimum atomic E-state index is -0.340. The van der Waals surface area contributed by atoms with Crippen LogP contribution in [-0.4, -0.2) is 28.3 Å². The third kappa shape index (κ3) is 5.68. The van der Waals surface area contributed by atoms with Crippen LogP contribution in [0.5, 0.6) is 0 Å². The number of nitrogens with one attached hydrogen (secondary N) is 2. The molecule has 0 spiro atoms. The van der Waals surface area contributed by atoms with E-state index in [0.717, 1.165) is 16.3 Å². The van der Waals surface area contributed by atoms with Gasteiger partial charge >= 0.3 is 0 Å². The molecule has 0 atom stereocenters. The molecule has 1 aromatic carbocycles. The fraction of sp³-hybridized carbons (Fsp3) is 0.200. The van der Waals surface area contributed by atoms with E-state index in [1.54, 1.807) is 12.1 Å². The Morgan fingerprint density at radius 3 is 2.43 bits per heavy atom. The number of amides is 2. The zero-order valence-corrected chi connectivity index (χ0v) is 16.4. The Morgan fingerprint density at radius 1 is 1.07 bits per heavy atom. The van der Waals surface area contributed by atoms with Crippen molar-refractivity contribution in [2.24, 2.45) is 0 Å². The monoisotopic (exact) mass is 396 g/mol. The molecule has 0 fully saturated rings. The normalized spacial score (nSPS) is 10.5. The number of nitrogens with zero attached hydrogens (tertiary/aromatic N) is 2. The fourth-order valence-corrected chi connectivity index (χ4v) is 3.32. The average molecular weight is 396 g/mol. The molecular weight excluding hydrogens is 376 g/mol. The maximum Gasteiger partial charge on any atom is 0.286 e. The first kappa shape index (κ1) is 19.6. The highest BCUT2D eigenvalue weighted by Gasteiger charge is 2.09. The zero-order valence-electron chi connectivity index (χ0n) is 15.6. The van der Waals surface area contributed by atoms with Crippen LogP contribution in [-0.2, 0) is 4.79 Å². The van der Waals surface area contributed by atoms with Crippen molar-refractivity contribution < 1.29 is 14.0 Å². The van der Waals surface area contributed by atoms with Gasteiger partial charge in [0.15, 0.2) is 10.9 Å². The summed E-state index contributed by atoms with van der Waals surface area (Å²) in [6, 6.07) is 12.6. The molecule has 8 heteroatoms. The molecule has 0 radical (unpaired) electrons. The summed E-state index contributed by atoms with van der Waals surface area (Å²) in [5.41, 5.74) is 2.55. The fourth-order valence-electron chi connectivity index (χ4n) is 2.46. The molecule has 0 saturated heterocycles. The lowest BCUT2D eigenvalue weighted by Gasteiger charge is -2.07.